The van der Waals surface area contributed by atoms with Crippen LogP contribution in [0.25, 0.3) is 0 Å². The van der Waals surface area contributed by atoms with Gasteiger partial charge in [0.15, 0.2) is 0 Å². The number of nitrogens with one attached hydrogen (secondary N) is 1. The summed E-state index contributed by atoms with van der Waals surface area (Å²) in [7, 11) is 0. The van der Waals surface area contributed by atoms with Crippen molar-refractivity contribution >= 4 is 17.7 Å². The lowest BCUT2D eigenvalue weighted by Crippen LogP contribution is -2.41. The standard InChI is InChI=1S/C14H19N3O3/c1-9(2)17(8-10-3-4-10)14(20)16-11-5-6-12(13(18)19)15-7-11/h5-7,9-10H,3-4,8H2,1-2H3,(H,16,20)(H,18,19). The number of carboxylic acid groups (broad SMARTS) is 1. The molecule has 1 fully saturated rings. The Morgan fingerprint density at radius 2 is 2.15 bits per heavy atom. The van der Waals surface area contributed by atoms with Crippen LogP contribution in [0, 0.1) is 5.92 Å². The maximum atomic E-state index is 12.2. The van der Waals surface area contributed by atoms with Crippen LogP contribution in [-0.2, 0) is 0 Å². The van der Waals surface area contributed by atoms with Gasteiger partial charge in [0.05, 0.1) is 11.9 Å². The van der Waals surface area contributed by atoms with Gasteiger partial charge in [-0.1, -0.05) is 0 Å². The molecular weight excluding hydrogens is 258 g/mol. The Morgan fingerprint density at radius 1 is 1.45 bits per heavy atom. The lowest BCUT2D eigenvalue weighted by atomic mass is 10.3. The fourth-order valence-electron chi connectivity index (χ4n) is 1.90. The van der Waals surface area contributed by atoms with E-state index in [9.17, 15) is 9.59 Å². The number of carbonyl (C=O) groups is 2. The second-order valence-electron chi connectivity index (χ2n) is 5.36. The number of aromatic carboxylic acids is 1. The van der Waals surface area contributed by atoms with Crippen molar-refractivity contribution in [2.75, 3.05) is 11.9 Å². The van der Waals surface area contributed by atoms with Crippen LogP contribution in [0.5, 0.6) is 0 Å². The Bertz CT molecular complexity index is 495. The summed E-state index contributed by atoms with van der Waals surface area (Å²) >= 11 is 0. The summed E-state index contributed by atoms with van der Waals surface area (Å²) in [6, 6.07) is 2.88. The topological polar surface area (TPSA) is 82.5 Å². The maximum Gasteiger partial charge on any atom is 0.354 e. The number of carbonyl (C=O) groups excluding carboxylic acids is 1. The summed E-state index contributed by atoms with van der Waals surface area (Å²) in [6.45, 7) is 4.73. The summed E-state index contributed by atoms with van der Waals surface area (Å²) < 4.78 is 0. The number of anilines is 1. The molecule has 6 nitrogen and oxygen atoms in total. The predicted octanol–water partition coefficient (Wildman–Crippen LogP) is 2.43. The summed E-state index contributed by atoms with van der Waals surface area (Å²) in [5.41, 5.74) is 0.461. The number of rotatable bonds is 5. The van der Waals surface area contributed by atoms with E-state index >= 15 is 0 Å². The third-order valence-corrected chi connectivity index (χ3v) is 3.27. The molecule has 0 aliphatic heterocycles. The molecule has 0 atom stereocenters. The van der Waals surface area contributed by atoms with Crippen molar-refractivity contribution in [3.8, 4) is 0 Å². The minimum absolute atomic E-state index is 0.0401. The van der Waals surface area contributed by atoms with E-state index in [-0.39, 0.29) is 17.8 Å². The average molecular weight is 277 g/mol. The van der Waals surface area contributed by atoms with Gasteiger partial charge < -0.3 is 15.3 Å². The summed E-state index contributed by atoms with van der Waals surface area (Å²) in [6.07, 6.45) is 3.73. The summed E-state index contributed by atoms with van der Waals surface area (Å²) in [5, 5.41) is 11.5. The van der Waals surface area contributed by atoms with Crippen molar-refractivity contribution in [2.45, 2.75) is 32.7 Å². The first kappa shape index (κ1) is 14.3. The summed E-state index contributed by atoms with van der Waals surface area (Å²) in [4.78, 5) is 28.5. The molecule has 108 valence electrons. The van der Waals surface area contributed by atoms with Gasteiger partial charge in [-0.25, -0.2) is 14.6 Å². The van der Waals surface area contributed by atoms with Crippen molar-refractivity contribution in [1.82, 2.24) is 9.88 Å². The fourth-order valence-corrected chi connectivity index (χ4v) is 1.90. The zero-order chi connectivity index (χ0) is 14.7. The fraction of sp³-hybridized carbons (Fsp3) is 0.500. The Balaban J connectivity index is 1.99. The van der Waals surface area contributed by atoms with Crippen LogP contribution in [0.4, 0.5) is 10.5 Å². The number of amides is 2. The van der Waals surface area contributed by atoms with Gasteiger partial charge in [-0.05, 0) is 44.7 Å². The van der Waals surface area contributed by atoms with Gasteiger partial charge in [0, 0.05) is 12.6 Å². The van der Waals surface area contributed by atoms with Crippen molar-refractivity contribution in [2.24, 2.45) is 5.92 Å². The molecule has 1 aliphatic carbocycles. The Kier molecular flexibility index (Phi) is 4.22. The quantitative estimate of drug-likeness (QED) is 0.866. The molecule has 0 bridgehead atoms. The normalized spacial score (nSPS) is 14.2. The van der Waals surface area contributed by atoms with Crippen LogP contribution in [0.1, 0.15) is 37.2 Å². The second kappa shape index (κ2) is 5.90. The molecule has 1 aliphatic rings. The van der Waals surface area contributed by atoms with Gasteiger partial charge in [0.1, 0.15) is 5.69 Å². The summed E-state index contributed by atoms with van der Waals surface area (Å²) in [5.74, 6) is -0.462. The minimum Gasteiger partial charge on any atom is -0.477 e. The van der Waals surface area contributed by atoms with Crippen molar-refractivity contribution in [1.29, 1.82) is 0 Å². The van der Waals surface area contributed by atoms with Crippen LogP contribution in [0.15, 0.2) is 18.3 Å². The molecule has 1 aromatic heterocycles. The van der Waals surface area contributed by atoms with Crippen molar-refractivity contribution < 1.29 is 14.7 Å². The first-order valence-electron chi connectivity index (χ1n) is 6.74. The molecule has 6 heteroatoms. The van der Waals surface area contributed by atoms with Crippen molar-refractivity contribution in [3.63, 3.8) is 0 Å². The van der Waals surface area contributed by atoms with Crippen LogP contribution in [0.2, 0.25) is 0 Å². The number of aromatic nitrogens is 1. The molecule has 0 aromatic carbocycles. The lowest BCUT2D eigenvalue weighted by Gasteiger charge is -2.26. The number of nitrogens with zero attached hydrogens (tertiary/aromatic N) is 2. The van der Waals surface area contributed by atoms with Gasteiger partial charge in [-0.2, -0.15) is 0 Å². The molecule has 1 aromatic rings. The highest BCUT2D eigenvalue weighted by molar-refractivity contribution is 5.90. The van der Waals surface area contributed by atoms with E-state index in [0.29, 0.717) is 11.6 Å². The number of hydrogen-bond acceptors (Lipinski definition) is 3. The van der Waals surface area contributed by atoms with Gasteiger partial charge in [0.2, 0.25) is 0 Å². The molecule has 1 heterocycles. The molecule has 1 saturated carbocycles. The highest BCUT2D eigenvalue weighted by Gasteiger charge is 2.28. The molecule has 20 heavy (non-hydrogen) atoms. The SMILES string of the molecule is CC(C)N(CC1CC1)C(=O)Nc1ccc(C(=O)O)nc1. The highest BCUT2D eigenvalue weighted by atomic mass is 16.4. The third kappa shape index (κ3) is 3.69. The van der Waals surface area contributed by atoms with Gasteiger partial charge in [-0.15, -0.1) is 0 Å². The molecule has 2 amide bonds. The molecule has 0 saturated heterocycles. The van der Waals surface area contributed by atoms with E-state index < -0.39 is 5.97 Å². The zero-order valence-electron chi connectivity index (χ0n) is 11.7. The number of pyridine rings is 1. The Labute approximate surface area is 117 Å². The molecule has 2 N–H and O–H groups in total. The van der Waals surface area contributed by atoms with Crippen LogP contribution >= 0.6 is 0 Å². The van der Waals surface area contributed by atoms with E-state index in [1.807, 2.05) is 13.8 Å². The second-order valence-corrected chi connectivity index (χ2v) is 5.36. The maximum absolute atomic E-state index is 12.2. The van der Waals surface area contributed by atoms with E-state index in [1.54, 1.807) is 11.0 Å². The van der Waals surface area contributed by atoms with E-state index in [1.165, 1.54) is 25.1 Å². The van der Waals surface area contributed by atoms with Crippen LogP contribution < -0.4 is 5.32 Å². The lowest BCUT2D eigenvalue weighted by molar-refractivity contribution is 0.0690. The molecule has 2 rings (SSSR count). The largest absolute Gasteiger partial charge is 0.477 e. The Morgan fingerprint density at radius 3 is 2.60 bits per heavy atom. The van der Waals surface area contributed by atoms with Crippen LogP contribution in [-0.4, -0.2) is 39.6 Å². The number of urea groups is 1. The number of hydrogen-bond donors (Lipinski definition) is 2. The zero-order valence-corrected chi connectivity index (χ0v) is 11.7. The van der Waals surface area contributed by atoms with Gasteiger partial charge >= 0.3 is 12.0 Å². The third-order valence-electron chi connectivity index (χ3n) is 3.27. The van der Waals surface area contributed by atoms with E-state index in [0.717, 1.165) is 6.54 Å². The van der Waals surface area contributed by atoms with Gasteiger partial charge in [-0.3, -0.25) is 0 Å². The number of carboxylic acids is 1. The van der Waals surface area contributed by atoms with Gasteiger partial charge in [0.25, 0.3) is 0 Å². The van der Waals surface area contributed by atoms with Crippen LogP contribution in [0.3, 0.4) is 0 Å². The van der Waals surface area contributed by atoms with E-state index in [2.05, 4.69) is 10.3 Å². The molecule has 0 spiro atoms. The van der Waals surface area contributed by atoms with E-state index in [4.69, 9.17) is 5.11 Å². The Hall–Kier alpha value is -2.11. The van der Waals surface area contributed by atoms with Crippen molar-refractivity contribution in [3.05, 3.63) is 24.0 Å². The predicted molar refractivity (Wildman–Crippen MR) is 74.8 cm³/mol. The first-order valence-corrected chi connectivity index (χ1v) is 6.74. The molecule has 0 radical (unpaired) electrons. The highest BCUT2D eigenvalue weighted by Crippen LogP contribution is 2.30. The molecular formula is C14H19N3O3. The average Bonchev–Trinajstić information content (AvgIpc) is 3.20. The minimum atomic E-state index is -1.08. The smallest absolute Gasteiger partial charge is 0.354 e. The monoisotopic (exact) mass is 277 g/mol. The molecule has 0 unspecified atom stereocenters. The first-order chi connectivity index (χ1) is 9.47.